The zero-order valence-corrected chi connectivity index (χ0v) is 13.1. The van der Waals surface area contributed by atoms with Gasteiger partial charge in [0.25, 0.3) is 0 Å². The highest BCUT2D eigenvalue weighted by Gasteiger charge is 2.04. The van der Waals surface area contributed by atoms with E-state index in [4.69, 9.17) is 21.7 Å². The number of nitrogens with one attached hydrogen (secondary N) is 2. The van der Waals surface area contributed by atoms with E-state index in [2.05, 4.69) is 17.2 Å². The first-order valence-corrected chi connectivity index (χ1v) is 6.84. The number of thiocarbonyl (C=S) groups is 1. The van der Waals surface area contributed by atoms with Crippen molar-refractivity contribution in [2.75, 3.05) is 27.3 Å². The van der Waals surface area contributed by atoms with Crippen molar-refractivity contribution in [2.24, 2.45) is 0 Å². The van der Waals surface area contributed by atoms with Gasteiger partial charge in [0.15, 0.2) is 16.6 Å². The summed E-state index contributed by atoms with van der Waals surface area (Å²) < 4.78 is 10.5. The highest BCUT2D eigenvalue weighted by Crippen LogP contribution is 2.27. The maximum atomic E-state index is 5.28. The molecular weight excluding hydrogens is 272 g/mol. The lowest BCUT2D eigenvalue weighted by Gasteiger charge is -2.12. The van der Waals surface area contributed by atoms with Gasteiger partial charge in [-0.3, -0.25) is 0 Å². The minimum absolute atomic E-state index is 0.647. The van der Waals surface area contributed by atoms with Crippen LogP contribution in [0.5, 0.6) is 11.5 Å². The standard InChI is InChI=1S/C15H22N2O2S/c1-11(2)10-17-15(20)16-8-7-12-5-6-13(18-3)14(9-12)19-4/h5-6,9H,1,7-8,10H2,2-4H3,(H2,16,17,20). The van der Waals surface area contributed by atoms with E-state index in [1.807, 2.05) is 25.1 Å². The number of rotatable bonds is 7. The summed E-state index contributed by atoms with van der Waals surface area (Å²) in [5, 5.41) is 6.89. The van der Waals surface area contributed by atoms with E-state index in [1.54, 1.807) is 14.2 Å². The molecule has 1 rings (SSSR count). The zero-order valence-electron chi connectivity index (χ0n) is 12.3. The average Bonchev–Trinajstić information content (AvgIpc) is 2.44. The number of hydrogen-bond donors (Lipinski definition) is 2. The van der Waals surface area contributed by atoms with E-state index in [0.717, 1.165) is 35.6 Å². The number of ether oxygens (including phenoxy) is 2. The summed E-state index contributed by atoms with van der Waals surface area (Å²) in [5.74, 6) is 1.48. The first kappa shape index (κ1) is 16.3. The lowest BCUT2D eigenvalue weighted by Crippen LogP contribution is -2.37. The van der Waals surface area contributed by atoms with Crippen LogP contribution in [0.3, 0.4) is 0 Å². The van der Waals surface area contributed by atoms with Gasteiger partial charge < -0.3 is 20.1 Å². The largest absolute Gasteiger partial charge is 0.493 e. The summed E-state index contributed by atoms with van der Waals surface area (Å²) in [7, 11) is 3.27. The molecule has 0 atom stereocenters. The van der Waals surface area contributed by atoms with Gasteiger partial charge in [0, 0.05) is 13.1 Å². The maximum Gasteiger partial charge on any atom is 0.166 e. The van der Waals surface area contributed by atoms with Crippen molar-refractivity contribution in [3.05, 3.63) is 35.9 Å². The quantitative estimate of drug-likeness (QED) is 0.596. The van der Waals surface area contributed by atoms with Crippen LogP contribution in [0.2, 0.25) is 0 Å². The molecule has 0 aliphatic carbocycles. The van der Waals surface area contributed by atoms with Gasteiger partial charge >= 0.3 is 0 Å². The maximum absolute atomic E-state index is 5.28. The second-order valence-electron chi connectivity index (χ2n) is 4.51. The number of hydrogen-bond acceptors (Lipinski definition) is 3. The molecule has 0 saturated heterocycles. The van der Waals surface area contributed by atoms with Crippen molar-refractivity contribution in [3.8, 4) is 11.5 Å². The Morgan fingerprint density at radius 3 is 2.50 bits per heavy atom. The second kappa shape index (κ2) is 8.43. The van der Waals surface area contributed by atoms with Gasteiger partial charge in [0.1, 0.15) is 0 Å². The van der Waals surface area contributed by atoms with Crippen LogP contribution in [0.25, 0.3) is 0 Å². The normalized spacial score (nSPS) is 9.75. The highest BCUT2D eigenvalue weighted by atomic mass is 32.1. The van der Waals surface area contributed by atoms with Crippen LogP contribution in [0, 0.1) is 0 Å². The van der Waals surface area contributed by atoms with E-state index < -0.39 is 0 Å². The fourth-order valence-electron chi connectivity index (χ4n) is 1.65. The first-order valence-electron chi connectivity index (χ1n) is 6.43. The molecule has 0 saturated carbocycles. The summed E-state index contributed by atoms with van der Waals surface area (Å²) in [6, 6.07) is 5.91. The molecule has 0 aliphatic rings. The van der Waals surface area contributed by atoms with Crippen LogP contribution in [0.1, 0.15) is 12.5 Å². The molecular formula is C15H22N2O2S. The summed E-state index contributed by atoms with van der Waals surface area (Å²) in [5.41, 5.74) is 2.21. The molecule has 0 heterocycles. The smallest absolute Gasteiger partial charge is 0.166 e. The Morgan fingerprint density at radius 2 is 1.90 bits per heavy atom. The van der Waals surface area contributed by atoms with Gasteiger partial charge in [0.05, 0.1) is 14.2 Å². The monoisotopic (exact) mass is 294 g/mol. The zero-order chi connectivity index (χ0) is 15.0. The van der Waals surface area contributed by atoms with E-state index in [1.165, 1.54) is 0 Å². The van der Waals surface area contributed by atoms with Crippen LogP contribution in [-0.2, 0) is 6.42 Å². The number of methoxy groups -OCH3 is 2. The lowest BCUT2D eigenvalue weighted by atomic mass is 10.1. The molecule has 0 unspecified atom stereocenters. The predicted molar refractivity (Wildman–Crippen MR) is 86.7 cm³/mol. The Kier molecular flexibility index (Phi) is 6.87. The Hall–Kier alpha value is -1.75. The van der Waals surface area contributed by atoms with Crippen molar-refractivity contribution in [3.63, 3.8) is 0 Å². The Balaban J connectivity index is 2.42. The van der Waals surface area contributed by atoms with Crippen molar-refractivity contribution in [1.82, 2.24) is 10.6 Å². The van der Waals surface area contributed by atoms with E-state index in [-0.39, 0.29) is 0 Å². The van der Waals surface area contributed by atoms with Crippen molar-refractivity contribution >= 4 is 17.3 Å². The third kappa shape index (κ3) is 5.48. The molecule has 0 bridgehead atoms. The summed E-state index contributed by atoms with van der Waals surface area (Å²) in [6.07, 6.45) is 0.856. The first-order chi connectivity index (χ1) is 9.56. The fourth-order valence-corrected chi connectivity index (χ4v) is 1.82. The van der Waals surface area contributed by atoms with Crippen molar-refractivity contribution in [1.29, 1.82) is 0 Å². The molecule has 20 heavy (non-hydrogen) atoms. The van der Waals surface area contributed by atoms with Crippen molar-refractivity contribution in [2.45, 2.75) is 13.3 Å². The van der Waals surface area contributed by atoms with E-state index in [0.29, 0.717) is 11.7 Å². The minimum atomic E-state index is 0.647. The third-order valence-corrected chi connectivity index (χ3v) is 2.99. The van der Waals surface area contributed by atoms with Crippen LogP contribution in [-0.4, -0.2) is 32.4 Å². The lowest BCUT2D eigenvalue weighted by molar-refractivity contribution is 0.354. The SMILES string of the molecule is C=C(C)CNC(=S)NCCc1ccc(OC)c(OC)c1. The van der Waals surface area contributed by atoms with Crippen LogP contribution < -0.4 is 20.1 Å². The van der Waals surface area contributed by atoms with Crippen LogP contribution >= 0.6 is 12.2 Å². The second-order valence-corrected chi connectivity index (χ2v) is 4.91. The van der Waals surface area contributed by atoms with Gasteiger partial charge in [-0.05, 0) is 43.3 Å². The number of benzene rings is 1. The van der Waals surface area contributed by atoms with Crippen LogP contribution in [0.15, 0.2) is 30.4 Å². The molecule has 0 aromatic heterocycles. The molecule has 1 aromatic rings. The molecule has 0 amide bonds. The summed E-state index contributed by atoms with van der Waals surface area (Å²) in [4.78, 5) is 0. The molecule has 2 N–H and O–H groups in total. The molecule has 0 aliphatic heterocycles. The predicted octanol–water partition coefficient (Wildman–Crippen LogP) is 2.29. The topological polar surface area (TPSA) is 42.5 Å². The molecule has 0 radical (unpaired) electrons. The summed E-state index contributed by atoms with van der Waals surface area (Å²) >= 11 is 5.17. The Morgan fingerprint density at radius 1 is 1.20 bits per heavy atom. The molecule has 4 nitrogen and oxygen atoms in total. The molecule has 1 aromatic carbocycles. The summed E-state index contributed by atoms with van der Waals surface area (Å²) in [6.45, 7) is 7.23. The van der Waals surface area contributed by atoms with Gasteiger partial charge in [-0.2, -0.15) is 0 Å². The third-order valence-electron chi connectivity index (χ3n) is 2.70. The molecule has 5 heteroatoms. The average molecular weight is 294 g/mol. The molecule has 0 fully saturated rings. The van der Waals surface area contributed by atoms with E-state index >= 15 is 0 Å². The Bertz CT molecular complexity index is 475. The molecule has 110 valence electrons. The van der Waals surface area contributed by atoms with Gasteiger partial charge in [-0.15, -0.1) is 0 Å². The Labute approximate surface area is 126 Å². The molecule has 0 spiro atoms. The van der Waals surface area contributed by atoms with Crippen LogP contribution in [0.4, 0.5) is 0 Å². The highest BCUT2D eigenvalue weighted by molar-refractivity contribution is 7.80. The van der Waals surface area contributed by atoms with Gasteiger partial charge in [-0.1, -0.05) is 18.2 Å². The van der Waals surface area contributed by atoms with Gasteiger partial charge in [0.2, 0.25) is 0 Å². The van der Waals surface area contributed by atoms with Crippen molar-refractivity contribution < 1.29 is 9.47 Å². The van der Waals surface area contributed by atoms with Gasteiger partial charge in [-0.25, -0.2) is 0 Å². The van der Waals surface area contributed by atoms with E-state index in [9.17, 15) is 0 Å². The fraction of sp³-hybridized carbons (Fsp3) is 0.400. The minimum Gasteiger partial charge on any atom is -0.493 e.